The van der Waals surface area contributed by atoms with Gasteiger partial charge in [0.25, 0.3) is 0 Å². The molecule has 0 atom stereocenters. The number of piperidine rings is 2. The molecule has 0 bridgehead atoms. The maximum absolute atomic E-state index is 11.8. The third kappa shape index (κ3) is 6.71. The quantitative estimate of drug-likeness (QED) is 0.533. The molecule has 1 amide bonds. The van der Waals surface area contributed by atoms with E-state index in [4.69, 9.17) is 4.74 Å². The van der Waals surface area contributed by atoms with E-state index in [1.807, 2.05) is 13.0 Å². The number of carbonyl (C=O) groups is 1. The Kier molecular flexibility index (Phi) is 8.85. The minimum Gasteiger partial charge on any atom is -0.497 e. The van der Waals surface area contributed by atoms with Crippen molar-refractivity contribution in [1.29, 1.82) is 0 Å². The lowest BCUT2D eigenvalue weighted by Gasteiger charge is -2.34. The first-order chi connectivity index (χ1) is 14.1. The smallest absolute Gasteiger partial charge is 0.222 e. The van der Waals surface area contributed by atoms with Crippen LogP contribution in [-0.2, 0) is 11.2 Å². The molecular weight excluding hydrogens is 428 g/mol. The third-order valence-corrected chi connectivity index (χ3v) is 7.60. The molecule has 3 rings (SSSR count). The normalized spacial score (nSPS) is 19.5. The van der Waals surface area contributed by atoms with E-state index in [-0.39, 0.29) is 0 Å². The summed E-state index contributed by atoms with van der Waals surface area (Å²) in [5.41, 5.74) is 1.37. The molecule has 5 heteroatoms. The van der Waals surface area contributed by atoms with Crippen LogP contribution >= 0.6 is 15.9 Å². The van der Waals surface area contributed by atoms with Gasteiger partial charge >= 0.3 is 0 Å². The van der Waals surface area contributed by atoms with Crippen molar-refractivity contribution in [3.05, 3.63) is 28.2 Å². The molecule has 29 heavy (non-hydrogen) atoms. The molecule has 1 aromatic rings. The summed E-state index contributed by atoms with van der Waals surface area (Å²) in [6, 6.07) is 6.30. The number of hydrogen-bond donors (Lipinski definition) is 0. The van der Waals surface area contributed by atoms with E-state index < -0.39 is 0 Å². The lowest BCUT2D eigenvalue weighted by atomic mass is 9.89. The molecule has 2 aliphatic heterocycles. The molecule has 2 fully saturated rings. The van der Waals surface area contributed by atoms with Crippen LogP contribution in [0, 0.1) is 11.8 Å². The van der Waals surface area contributed by atoms with Gasteiger partial charge in [0.1, 0.15) is 5.75 Å². The lowest BCUT2D eigenvalue weighted by molar-refractivity contribution is -0.132. The second-order valence-corrected chi connectivity index (χ2v) is 9.62. The molecule has 0 radical (unpaired) electrons. The van der Waals surface area contributed by atoms with Crippen molar-refractivity contribution < 1.29 is 9.53 Å². The topological polar surface area (TPSA) is 32.8 Å². The predicted octanol–water partition coefficient (Wildman–Crippen LogP) is 5.14. The number of halogens is 1. The second kappa shape index (κ2) is 11.4. The van der Waals surface area contributed by atoms with Crippen LogP contribution < -0.4 is 4.74 Å². The van der Waals surface area contributed by atoms with Crippen LogP contribution in [0.1, 0.15) is 57.4 Å². The summed E-state index contributed by atoms with van der Waals surface area (Å²) in [6.45, 7) is 7.62. The van der Waals surface area contributed by atoms with Crippen molar-refractivity contribution in [3.63, 3.8) is 0 Å². The van der Waals surface area contributed by atoms with E-state index in [2.05, 4.69) is 37.9 Å². The molecule has 0 spiro atoms. The number of nitrogens with zero attached hydrogens (tertiary/aromatic N) is 2. The minimum absolute atomic E-state index is 0.326. The molecule has 2 aliphatic rings. The average Bonchev–Trinajstić information content (AvgIpc) is 2.76. The highest BCUT2D eigenvalue weighted by atomic mass is 79.9. The molecule has 0 saturated carbocycles. The largest absolute Gasteiger partial charge is 0.497 e. The zero-order chi connectivity index (χ0) is 20.6. The molecule has 0 aromatic heterocycles. The van der Waals surface area contributed by atoms with Gasteiger partial charge in [-0.15, -0.1) is 0 Å². The average molecular weight is 465 g/mol. The zero-order valence-electron chi connectivity index (χ0n) is 18.2. The summed E-state index contributed by atoms with van der Waals surface area (Å²) in [6.07, 6.45) is 9.40. The Morgan fingerprint density at radius 3 is 2.45 bits per heavy atom. The SMILES string of the molecule is CCC(=O)N1CCC(CCCN2CCC(Cc3cc(OC)ccc3Br)CC2)CC1. The Morgan fingerprint density at radius 2 is 1.79 bits per heavy atom. The predicted molar refractivity (Wildman–Crippen MR) is 122 cm³/mol. The Morgan fingerprint density at radius 1 is 1.10 bits per heavy atom. The monoisotopic (exact) mass is 464 g/mol. The van der Waals surface area contributed by atoms with Gasteiger partial charge in [-0.25, -0.2) is 0 Å². The Bertz CT molecular complexity index is 650. The van der Waals surface area contributed by atoms with E-state index in [1.54, 1.807) is 7.11 Å². The van der Waals surface area contributed by atoms with Crippen LogP contribution in [0.3, 0.4) is 0 Å². The first-order valence-electron chi connectivity index (χ1n) is 11.4. The molecule has 2 heterocycles. The van der Waals surface area contributed by atoms with Gasteiger partial charge in [0.05, 0.1) is 7.11 Å². The maximum atomic E-state index is 11.8. The molecule has 162 valence electrons. The maximum Gasteiger partial charge on any atom is 0.222 e. The van der Waals surface area contributed by atoms with Gasteiger partial charge in [0.2, 0.25) is 5.91 Å². The van der Waals surface area contributed by atoms with Gasteiger partial charge in [0.15, 0.2) is 0 Å². The van der Waals surface area contributed by atoms with Crippen LogP contribution in [0.15, 0.2) is 22.7 Å². The number of amides is 1. The van der Waals surface area contributed by atoms with Gasteiger partial charge in [-0.1, -0.05) is 22.9 Å². The molecule has 0 N–H and O–H groups in total. The van der Waals surface area contributed by atoms with Gasteiger partial charge in [-0.05, 0) is 100 Å². The van der Waals surface area contributed by atoms with E-state index in [0.29, 0.717) is 12.3 Å². The summed E-state index contributed by atoms with van der Waals surface area (Å²) < 4.78 is 6.59. The first-order valence-corrected chi connectivity index (χ1v) is 12.2. The molecule has 0 unspecified atom stereocenters. The highest BCUT2D eigenvalue weighted by molar-refractivity contribution is 9.10. The van der Waals surface area contributed by atoms with Gasteiger partial charge in [-0.3, -0.25) is 4.79 Å². The fraction of sp³-hybridized carbons (Fsp3) is 0.708. The van der Waals surface area contributed by atoms with Gasteiger partial charge < -0.3 is 14.5 Å². The Labute approximate surface area is 185 Å². The summed E-state index contributed by atoms with van der Waals surface area (Å²) in [7, 11) is 1.74. The number of methoxy groups -OCH3 is 1. The van der Waals surface area contributed by atoms with Crippen molar-refractivity contribution in [3.8, 4) is 5.75 Å². The van der Waals surface area contributed by atoms with Crippen molar-refractivity contribution in [1.82, 2.24) is 9.80 Å². The third-order valence-electron chi connectivity index (χ3n) is 6.83. The Balaban J connectivity index is 1.32. The van der Waals surface area contributed by atoms with Crippen molar-refractivity contribution in [2.24, 2.45) is 11.8 Å². The highest BCUT2D eigenvalue weighted by Gasteiger charge is 2.23. The zero-order valence-corrected chi connectivity index (χ0v) is 19.8. The van der Waals surface area contributed by atoms with Gasteiger partial charge in [0, 0.05) is 24.0 Å². The lowest BCUT2D eigenvalue weighted by Crippen LogP contribution is -2.38. The highest BCUT2D eigenvalue weighted by Crippen LogP contribution is 2.29. The van der Waals surface area contributed by atoms with Crippen molar-refractivity contribution in [2.75, 3.05) is 39.8 Å². The van der Waals surface area contributed by atoms with Crippen LogP contribution in [-0.4, -0.2) is 55.5 Å². The number of likely N-dealkylation sites (tertiary alicyclic amines) is 2. The number of hydrogen-bond acceptors (Lipinski definition) is 3. The van der Waals surface area contributed by atoms with E-state index >= 15 is 0 Å². The molecular formula is C24H37BrN2O2. The number of ether oxygens (including phenoxy) is 1. The summed E-state index contributed by atoms with van der Waals surface area (Å²) >= 11 is 3.70. The van der Waals surface area contributed by atoms with E-state index in [0.717, 1.165) is 37.1 Å². The van der Waals surface area contributed by atoms with Crippen LogP contribution in [0.5, 0.6) is 5.75 Å². The van der Waals surface area contributed by atoms with E-state index in [1.165, 1.54) is 68.2 Å². The molecule has 0 aliphatic carbocycles. The number of carbonyl (C=O) groups excluding carboxylic acids is 1. The van der Waals surface area contributed by atoms with Crippen LogP contribution in [0.25, 0.3) is 0 Å². The molecule has 2 saturated heterocycles. The summed E-state index contributed by atoms with van der Waals surface area (Å²) in [5, 5.41) is 0. The second-order valence-electron chi connectivity index (χ2n) is 8.77. The van der Waals surface area contributed by atoms with Crippen molar-refractivity contribution >= 4 is 21.8 Å². The van der Waals surface area contributed by atoms with Gasteiger partial charge in [-0.2, -0.15) is 0 Å². The summed E-state index contributed by atoms with van der Waals surface area (Å²) in [5.74, 6) is 2.87. The fourth-order valence-corrected chi connectivity index (χ4v) is 5.27. The number of rotatable bonds is 8. The number of benzene rings is 1. The standard InChI is InChI=1S/C24H37BrN2O2/c1-3-24(28)27-15-10-19(11-16-27)5-4-12-26-13-8-20(9-14-26)17-21-18-22(29-2)6-7-23(21)25/h6-7,18-20H,3-5,8-17H2,1-2H3. The Hall–Kier alpha value is -1.07. The molecule has 4 nitrogen and oxygen atoms in total. The first kappa shape index (κ1) is 22.6. The fourth-order valence-electron chi connectivity index (χ4n) is 4.86. The van der Waals surface area contributed by atoms with Crippen molar-refractivity contribution in [2.45, 2.75) is 58.3 Å². The molecule has 1 aromatic carbocycles. The minimum atomic E-state index is 0.326. The van der Waals surface area contributed by atoms with E-state index in [9.17, 15) is 4.79 Å². The van der Waals surface area contributed by atoms with Crippen LogP contribution in [0.4, 0.5) is 0 Å². The summed E-state index contributed by atoms with van der Waals surface area (Å²) in [4.78, 5) is 16.5. The van der Waals surface area contributed by atoms with Crippen LogP contribution in [0.2, 0.25) is 0 Å².